The van der Waals surface area contributed by atoms with Gasteiger partial charge in [-0.25, -0.2) is 0 Å². The minimum absolute atomic E-state index is 0.197. The molecule has 1 unspecified atom stereocenters. The number of hydrogen-bond acceptors (Lipinski definition) is 3. The van der Waals surface area contributed by atoms with E-state index < -0.39 is 0 Å². The molecule has 0 bridgehead atoms. The van der Waals surface area contributed by atoms with E-state index in [9.17, 15) is 4.79 Å². The van der Waals surface area contributed by atoms with Gasteiger partial charge in [-0.2, -0.15) is 0 Å². The molecule has 5 heteroatoms. The zero-order chi connectivity index (χ0) is 11.5. The number of nitrogens with zero attached hydrogens (tertiary/aromatic N) is 2. The highest BCUT2D eigenvalue weighted by Crippen LogP contribution is 2.25. The summed E-state index contributed by atoms with van der Waals surface area (Å²) in [5.74, 6) is 0.282. The van der Waals surface area contributed by atoms with Crippen molar-refractivity contribution < 1.29 is 4.79 Å². The molecule has 0 saturated carbocycles. The Morgan fingerprint density at radius 1 is 1.31 bits per heavy atom. The Morgan fingerprint density at radius 3 is 2.56 bits per heavy atom. The Balaban J connectivity index is 1.83. The number of carbonyl (C=O) groups excluding carboxylic acids is 1. The molecule has 90 valence electrons. The molecule has 1 atom stereocenters. The van der Waals surface area contributed by atoms with Crippen LogP contribution in [0, 0.1) is 0 Å². The second-order valence-electron chi connectivity index (χ2n) is 4.37. The first-order valence-corrected chi connectivity index (χ1v) is 7.22. The fourth-order valence-corrected chi connectivity index (χ4v) is 3.81. The Labute approximate surface area is 107 Å². The number of thiocarbonyl (C=S) groups is 1. The standard InChI is InChI=1S/C11H18N2OS2/c1-9(13-8-4-5-10(13)14)16-11(15)12-6-2-3-7-12/h9H,2-8H2,1H3. The molecule has 0 aromatic heterocycles. The van der Waals surface area contributed by atoms with Crippen molar-refractivity contribution in [3.63, 3.8) is 0 Å². The number of likely N-dealkylation sites (tertiary alicyclic amines) is 2. The summed E-state index contributed by atoms with van der Waals surface area (Å²) >= 11 is 7.08. The molecule has 2 saturated heterocycles. The van der Waals surface area contributed by atoms with Crippen molar-refractivity contribution in [1.82, 2.24) is 9.80 Å². The van der Waals surface area contributed by atoms with Gasteiger partial charge in [0.2, 0.25) is 5.91 Å². The van der Waals surface area contributed by atoms with E-state index in [0.717, 1.165) is 30.4 Å². The van der Waals surface area contributed by atoms with Crippen LogP contribution < -0.4 is 0 Å². The first kappa shape index (κ1) is 12.2. The maximum atomic E-state index is 11.6. The summed E-state index contributed by atoms with van der Waals surface area (Å²) in [5.41, 5.74) is 0. The number of rotatable bonds is 2. The first-order chi connectivity index (χ1) is 7.68. The molecule has 2 aliphatic rings. The van der Waals surface area contributed by atoms with Crippen LogP contribution in [-0.2, 0) is 4.79 Å². The summed E-state index contributed by atoms with van der Waals surface area (Å²) in [7, 11) is 0. The molecule has 0 aliphatic carbocycles. The van der Waals surface area contributed by atoms with Crippen molar-refractivity contribution in [3.8, 4) is 0 Å². The molecule has 2 fully saturated rings. The molecular weight excluding hydrogens is 240 g/mol. The maximum absolute atomic E-state index is 11.6. The third-order valence-electron chi connectivity index (χ3n) is 3.18. The van der Waals surface area contributed by atoms with Gasteiger partial charge in [-0.05, 0) is 26.2 Å². The van der Waals surface area contributed by atoms with Crippen molar-refractivity contribution >= 4 is 34.2 Å². The molecule has 1 amide bonds. The van der Waals surface area contributed by atoms with Crippen LogP contribution >= 0.6 is 24.0 Å². The third-order valence-corrected chi connectivity index (χ3v) is 4.79. The van der Waals surface area contributed by atoms with Crippen LogP contribution in [0.5, 0.6) is 0 Å². The molecule has 2 aliphatic heterocycles. The highest BCUT2D eigenvalue weighted by atomic mass is 32.2. The summed E-state index contributed by atoms with van der Waals surface area (Å²) in [6.45, 7) is 5.16. The van der Waals surface area contributed by atoms with E-state index in [1.165, 1.54) is 12.8 Å². The second kappa shape index (κ2) is 5.36. The molecule has 2 heterocycles. The Morgan fingerprint density at radius 2 is 2.00 bits per heavy atom. The highest BCUT2D eigenvalue weighted by Gasteiger charge is 2.27. The Kier molecular flexibility index (Phi) is 4.08. The first-order valence-electron chi connectivity index (χ1n) is 5.93. The summed E-state index contributed by atoms with van der Waals surface area (Å²) < 4.78 is 0.963. The smallest absolute Gasteiger partial charge is 0.223 e. The molecule has 0 radical (unpaired) electrons. The van der Waals surface area contributed by atoms with Gasteiger partial charge >= 0.3 is 0 Å². The lowest BCUT2D eigenvalue weighted by molar-refractivity contribution is -0.128. The quantitative estimate of drug-likeness (QED) is 0.708. The minimum atomic E-state index is 0.197. The predicted molar refractivity (Wildman–Crippen MR) is 71.4 cm³/mol. The monoisotopic (exact) mass is 258 g/mol. The van der Waals surface area contributed by atoms with Crippen LogP contribution in [0.4, 0.5) is 0 Å². The van der Waals surface area contributed by atoms with Gasteiger partial charge in [0.25, 0.3) is 0 Å². The van der Waals surface area contributed by atoms with Gasteiger partial charge in [-0.1, -0.05) is 24.0 Å². The summed E-state index contributed by atoms with van der Waals surface area (Å²) in [5, 5.41) is 0.197. The van der Waals surface area contributed by atoms with Gasteiger partial charge in [-0.15, -0.1) is 0 Å². The lowest BCUT2D eigenvalue weighted by atomic mass is 10.4. The van der Waals surface area contributed by atoms with Crippen molar-refractivity contribution in [1.29, 1.82) is 0 Å². The fraction of sp³-hybridized carbons (Fsp3) is 0.818. The van der Waals surface area contributed by atoms with Gasteiger partial charge < -0.3 is 9.80 Å². The number of thioether (sulfide) groups is 1. The van der Waals surface area contributed by atoms with Crippen LogP contribution in [0.3, 0.4) is 0 Å². The maximum Gasteiger partial charge on any atom is 0.223 e. The molecule has 0 spiro atoms. The molecular formula is C11H18N2OS2. The molecule has 0 N–H and O–H groups in total. The number of hydrogen-bond donors (Lipinski definition) is 0. The molecule has 2 rings (SSSR count). The largest absolute Gasteiger partial charge is 0.357 e. The summed E-state index contributed by atoms with van der Waals surface area (Å²) in [4.78, 5) is 15.8. The lowest BCUT2D eigenvalue weighted by Gasteiger charge is -2.26. The van der Waals surface area contributed by atoms with E-state index in [2.05, 4.69) is 11.8 Å². The van der Waals surface area contributed by atoms with E-state index in [1.807, 2.05) is 4.90 Å². The van der Waals surface area contributed by atoms with Gasteiger partial charge in [0.05, 0.1) is 5.37 Å². The number of carbonyl (C=O) groups is 1. The normalized spacial score (nSPS) is 22.9. The average Bonchev–Trinajstić information content (AvgIpc) is 2.86. The SMILES string of the molecule is CC(SC(=S)N1CCCC1)N1CCCC1=O. The van der Waals surface area contributed by atoms with Crippen molar-refractivity contribution in [2.24, 2.45) is 0 Å². The molecule has 16 heavy (non-hydrogen) atoms. The van der Waals surface area contributed by atoms with Crippen LogP contribution in [0.1, 0.15) is 32.6 Å². The Hall–Kier alpha value is -0.290. The average molecular weight is 258 g/mol. The van der Waals surface area contributed by atoms with Crippen molar-refractivity contribution in [3.05, 3.63) is 0 Å². The topological polar surface area (TPSA) is 23.6 Å². The predicted octanol–water partition coefficient (Wildman–Crippen LogP) is 2.07. The van der Waals surface area contributed by atoms with Gasteiger partial charge in [0.15, 0.2) is 0 Å². The lowest BCUT2D eigenvalue weighted by Crippen LogP contribution is -2.34. The van der Waals surface area contributed by atoms with Gasteiger partial charge in [-0.3, -0.25) is 4.79 Å². The van der Waals surface area contributed by atoms with Crippen LogP contribution in [0.15, 0.2) is 0 Å². The zero-order valence-electron chi connectivity index (χ0n) is 9.65. The number of amides is 1. The minimum Gasteiger partial charge on any atom is -0.357 e. The van der Waals surface area contributed by atoms with Crippen LogP contribution in [-0.4, -0.2) is 45.0 Å². The summed E-state index contributed by atoms with van der Waals surface area (Å²) in [6, 6.07) is 0. The highest BCUT2D eigenvalue weighted by molar-refractivity contribution is 8.23. The van der Waals surface area contributed by atoms with Crippen LogP contribution in [0.2, 0.25) is 0 Å². The summed E-state index contributed by atoms with van der Waals surface area (Å²) in [6.07, 6.45) is 4.21. The van der Waals surface area contributed by atoms with E-state index in [4.69, 9.17) is 12.2 Å². The van der Waals surface area contributed by atoms with Gasteiger partial charge in [0.1, 0.15) is 4.32 Å². The zero-order valence-corrected chi connectivity index (χ0v) is 11.3. The van der Waals surface area contributed by atoms with Crippen molar-refractivity contribution in [2.45, 2.75) is 38.0 Å². The third kappa shape index (κ3) is 2.69. The van der Waals surface area contributed by atoms with E-state index in [0.29, 0.717) is 6.42 Å². The Bertz CT molecular complexity index is 290. The second-order valence-corrected chi connectivity index (χ2v) is 6.32. The molecule has 0 aromatic carbocycles. The van der Waals surface area contributed by atoms with E-state index >= 15 is 0 Å². The fourth-order valence-electron chi connectivity index (χ4n) is 2.24. The van der Waals surface area contributed by atoms with E-state index in [-0.39, 0.29) is 11.3 Å². The van der Waals surface area contributed by atoms with Crippen molar-refractivity contribution in [2.75, 3.05) is 19.6 Å². The molecule has 3 nitrogen and oxygen atoms in total. The van der Waals surface area contributed by atoms with Crippen LogP contribution in [0.25, 0.3) is 0 Å². The van der Waals surface area contributed by atoms with Gasteiger partial charge in [0, 0.05) is 26.1 Å². The van der Waals surface area contributed by atoms with E-state index in [1.54, 1.807) is 11.8 Å². The molecule has 0 aromatic rings.